The molecule has 5 nitrogen and oxygen atoms in total. The van der Waals surface area contributed by atoms with Crippen LogP contribution in [0.3, 0.4) is 0 Å². The molecule has 0 fully saturated rings. The number of aromatic carboxylic acids is 1. The summed E-state index contributed by atoms with van der Waals surface area (Å²) in [5, 5.41) is 11.5. The van der Waals surface area contributed by atoms with E-state index in [2.05, 4.69) is 5.32 Å². The average molecular weight is 343 g/mol. The van der Waals surface area contributed by atoms with Gasteiger partial charge in [0.25, 0.3) is 0 Å². The summed E-state index contributed by atoms with van der Waals surface area (Å²) in [6.07, 6.45) is 0. The summed E-state index contributed by atoms with van der Waals surface area (Å²) in [4.78, 5) is 35.3. The molecule has 0 bridgehead atoms. The van der Waals surface area contributed by atoms with Crippen LogP contribution in [0.1, 0.15) is 34.6 Å². The molecule has 0 aliphatic rings. The van der Waals surface area contributed by atoms with Crippen molar-refractivity contribution >= 4 is 35.1 Å². The Balaban J connectivity index is 2.05. The van der Waals surface area contributed by atoms with E-state index in [1.165, 1.54) is 24.8 Å². The number of nitrogens with one attached hydrogen (secondary N) is 1. The quantitative estimate of drug-likeness (QED) is 0.617. The lowest BCUT2D eigenvalue weighted by molar-refractivity contribution is -0.115. The monoisotopic (exact) mass is 343 g/mol. The Kier molecular flexibility index (Phi) is 5.76. The molecule has 0 aliphatic heterocycles. The Bertz CT molecular complexity index is 771. The van der Waals surface area contributed by atoms with Crippen molar-refractivity contribution in [1.82, 2.24) is 0 Å². The Labute approximate surface area is 144 Å². The number of carboxylic acids is 1. The van der Waals surface area contributed by atoms with Crippen molar-refractivity contribution in [2.45, 2.75) is 24.0 Å². The second-order valence-corrected chi connectivity index (χ2v) is 6.57. The van der Waals surface area contributed by atoms with Gasteiger partial charge in [0.05, 0.1) is 10.8 Å². The SMILES string of the molecule is CC(=O)c1ccc(NC(=O)[C@@H](C)Sc2ccccc2C(=O)O)cc1. The van der Waals surface area contributed by atoms with E-state index in [0.29, 0.717) is 16.1 Å². The standard InChI is InChI=1S/C18H17NO4S/c1-11(20)13-7-9-14(10-8-13)19-17(21)12(2)24-16-6-4-3-5-15(16)18(22)23/h3-10,12H,1-2H3,(H,19,21)(H,22,23)/t12-/m1/s1. The number of Topliss-reactive ketones (excluding diaryl/α,β-unsaturated/α-hetero) is 1. The molecule has 1 amide bonds. The molecule has 2 N–H and O–H groups in total. The van der Waals surface area contributed by atoms with Gasteiger partial charge in [-0.3, -0.25) is 9.59 Å². The molecule has 0 aromatic heterocycles. The van der Waals surface area contributed by atoms with E-state index in [9.17, 15) is 19.5 Å². The van der Waals surface area contributed by atoms with Crippen molar-refractivity contribution in [3.8, 4) is 0 Å². The molecule has 0 spiro atoms. The molecule has 0 saturated carbocycles. The van der Waals surface area contributed by atoms with Crippen LogP contribution in [-0.4, -0.2) is 28.0 Å². The summed E-state index contributed by atoms with van der Waals surface area (Å²) in [5.41, 5.74) is 1.34. The van der Waals surface area contributed by atoms with Gasteiger partial charge < -0.3 is 10.4 Å². The summed E-state index contributed by atoms with van der Waals surface area (Å²) in [5.74, 6) is -1.30. The molecule has 1 atom stereocenters. The number of hydrogen-bond donors (Lipinski definition) is 2. The number of benzene rings is 2. The summed E-state index contributed by atoms with van der Waals surface area (Å²) in [7, 11) is 0. The second kappa shape index (κ2) is 7.79. The minimum absolute atomic E-state index is 0.0397. The number of anilines is 1. The average Bonchev–Trinajstić information content (AvgIpc) is 2.55. The lowest BCUT2D eigenvalue weighted by atomic mass is 10.1. The summed E-state index contributed by atoms with van der Waals surface area (Å²) in [6.45, 7) is 3.19. The second-order valence-electron chi connectivity index (χ2n) is 5.18. The third-order valence-corrected chi connectivity index (χ3v) is 4.53. The number of ketones is 1. The zero-order chi connectivity index (χ0) is 17.7. The molecule has 2 aromatic rings. The van der Waals surface area contributed by atoms with Crippen LogP contribution < -0.4 is 5.32 Å². The van der Waals surface area contributed by atoms with Gasteiger partial charge >= 0.3 is 5.97 Å². The predicted molar refractivity (Wildman–Crippen MR) is 93.8 cm³/mol. The van der Waals surface area contributed by atoms with Gasteiger partial charge in [0.15, 0.2) is 5.78 Å². The maximum Gasteiger partial charge on any atom is 0.336 e. The largest absolute Gasteiger partial charge is 0.478 e. The van der Waals surface area contributed by atoms with Crippen molar-refractivity contribution in [1.29, 1.82) is 0 Å². The first-order valence-electron chi connectivity index (χ1n) is 7.29. The fraction of sp³-hybridized carbons (Fsp3) is 0.167. The highest BCUT2D eigenvalue weighted by atomic mass is 32.2. The molecule has 0 heterocycles. The number of carboxylic acid groups (broad SMARTS) is 1. The molecule has 2 aromatic carbocycles. The van der Waals surface area contributed by atoms with E-state index in [4.69, 9.17) is 0 Å². The van der Waals surface area contributed by atoms with E-state index < -0.39 is 11.2 Å². The zero-order valence-corrected chi connectivity index (χ0v) is 14.1. The number of rotatable bonds is 6. The van der Waals surface area contributed by atoms with Gasteiger partial charge in [-0.25, -0.2) is 4.79 Å². The topological polar surface area (TPSA) is 83.5 Å². The van der Waals surface area contributed by atoms with Crippen LogP contribution in [0.25, 0.3) is 0 Å². The minimum Gasteiger partial charge on any atom is -0.478 e. The molecule has 2 rings (SSSR count). The van der Waals surface area contributed by atoms with Crippen molar-refractivity contribution in [3.63, 3.8) is 0 Å². The molecular formula is C18H17NO4S. The first-order valence-corrected chi connectivity index (χ1v) is 8.17. The Morgan fingerprint density at radius 1 is 1.04 bits per heavy atom. The Morgan fingerprint density at radius 3 is 2.25 bits per heavy atom. The molecule has 124 valence electrons. The van der Waals surface area contributed by atoms with Crippen molar-refractivity contribution < 1.29 is 19.5 Å². The predicted octanol–water partition coefficient (Wildman–Crippen LogP) is 3.71. The smallest absolute Gasteiger partial charge is 0.336 e. The summed E-state index contributed by atoms with van der Waals surface area (Å²) < 4.78 is 0. The Hall–Kier alpha value is -2.60. The van der Waals surface area contributed by atoms with E-state index in [1.54, 1.807) is 49.4 Å². The van der Waals surface area contributed by atoms with Crippen LogP contribution in [0, 0.1) is 0 Å². The van der Waals surface area contributed by atoms with E-state index in [0.717, 1.165) is 0 Å². The normalized spacial score (nSPS) is 11.6. The van der Waals surface area contributed by atoms with Crippen molar-refractivity contribution in [2.24, 2.45) is 0 Å². The highest BCUT2D eigenvalue weighted by Gasteiger charge is 2.18. The third-order valence-electron chi connectivity index (χ3n) is 3.35. The summed E-state index contributed by atoms with van der Waals surface area (Å²) in [6, 6.07) is 13.2. The molecule has 6 heteroatoms. The highest BCUT2D eigenvalue weighted by molar-refractivity contribution is 8.00. The number of hydrogen-bond acceptors (Lipinski definition) is 4. The van der Waals surface area contributed by atoms with E-state index in [-0.39, 0.29) is 17.3 Å². The number of carbonyl (C=O) groups excluding carboxylic acids is 2. The van der Waals surface area contributed by atoms with Gasteiger partial charge in [-0.15, -0.1) is 11.8 Å². The minimum atomic E-state index is -1.02. The van der Waals surface area contributed by atoms with Crippen LogP contribution in [0.2, 0.25) is 0 Å². The van der Waals surface area contributed by atoms with Gasteiger partial charge in [0.1, 0.15) is 0 Å². The maximum absolute atomic E-state index is 12.3. The van der Waals surface area contributed by atoms with E-state index in [1.807, 2.05) is 0 Å². The van der Waals surface area contributed by atoms with Crippen molar-refractivity contribution in [2.75, 3.05) is 5.32 Å². The molecule has 24 heavy (non-hydrogen) atoms. The maximum atomic E-state index is 12.3. The lowest BCUT2D eigenvalue weighted by Gasteiger charge is -2.13. The molecule has 0 radical (unpaired) electrons. The van der Waals surface area contributed by atoms with Gasteiger partial charge in [0, 0.05) is 16.1 Å². The summed E-state index contributed by atoms with van der Waals surface area (Å²) >= 11 is 1.19. The third kappa shape index (κ3) is 4.45. The van der Waals surface area contributed by atoms with E-state index >= 15 is 0 Å². The molecule has 0 unspecified atom stereocenters. The number of carbonyl (C=O) groups is 3. The van der Waals surface area contributed by atoms with Gasteiger partial charge in [0.2, 0.25) is 5.91 Å². The highest BCUT2D eigenvalue weighted by Crippen LogP contribution is 2.27. The first kappa shape index (κ1) is 17.7. The first-order chi connectivity index (χ1) is 11.4. The number of amides is 1. The van der Waals surface area contributed by atoms with Gasteiger partial charge in [-0.2, -0.15) is 0 Å². The number of thioether (sulfide) groups is 1. The van der Waals surface area contributed by atoms with Gasteiger partial charge in [-0.05, 0) is 50.2 Å². The van der Waals surface area contributed by atoms with Crippen LogP contribution in [0.5, 0.6) is 0 Å². The van der Waals surface area contributed by atoms with Gasteiger partial charge in [-0.1, -0.05) is 12.1 Å². The van der Waals surface area contributed by atoms with Crippen LogP contribution in [0.15, 0.2) is 53.4 Å². The Morgan fingerprint density at radius 2 is 1.67 bits per heavy atom. The fourth-order valence-corrected chi connectivity index (χ4v) is 3.01. The van der Waals surface area contributed by atoms with Crippen LogP contribution in [0.4, 0.5) is 5.69 Å². The van der Waals surface area contributed by atoms with Crippen molar-refractivity contribution in [3.05, 3.63) is 59.7 Å². The zero-order valence-electron chi connectivity index (χ0n) is 13.3. The lowest BCUT2D eigenvalue weighted by Crippen LogP contribution is -2.22. The molecular weight excluding hydrogens is 326 g/mol. The molecule has 0 aliphatic carbocycles. The molecule has 0 saturated heterocycles. The van der Waals surface area contributed by atoms with Crippen LogP contribution in [-0.2, 0) is 4.79 Å². The van der Waals surface area contributed by atoms with Crippen LogP contribution >= 0.6 is 11.8 Å². The fourth-order valence-electron chi connectivity index (χ4n) is 2.02.